The maximum absolute atomic E-state index is 12.7. The van der Waals surface area contributed by atoms with E-state index < -0.39 is 28.6 Å². The van der Waals surface area contributed by atoms with E-state index in [9.17, 15) is 24.5 Å². The number of ether oxygens (including phenoxy) is 3. The van der Waals surface area contributed by atoms with E-state index >= 15 is 0 Å². The third kappa shape index (κ3) is 10.5. The zero-order chi connectivity index (χ0) is 29.7. The van der Waals surface area contributed by atoms with Crippen LogP contribution in [0.2, 0.25) is 0 Å². The first-order chi connectivity index (χ1) is 18.9. The number of azo groups is 1. The fourth-order valence-corrected chi connectivity index (χ4v) is 3.20. The number of nitro groups is 1. The van der Waals surface area contributed by atoms with E-state index in [1.165, 1.54) is 12.1 Å². The minimum Gasteiger partial charge on any atom is -0.461 e. The van der Waals surface area contributed by atoms with E-state index in [1.807, 2.05) is 24.0 Å². The molecule has 0 heterocycles. The molecule has 214 valence electrons. The number of hydrogen-bond acceptors (Lipinski definition) is 11. The number of rotatable bonds is 13. The number of benzene rings is 2. The molecule has 1 amide bonds. The van der Waals surface area contributed by atoms with Gasteiger partial charge in [0.05, 0.1) is 29.3 Å². The summed E-state index contributed by atoms with van der Waals surface area (Å²) in [5.41, 5.74) is 0.256. The van der Waals surface area contributed by atoms with Crippen molar-refractivity contribution in [2.75, 3.05) is 37.7 Å². The molecule has 0 atom stereocenters. The molecule has 0 aromatic heterocycles. The van der Waals surface area contributed by atoms with Crippen molar-refractivity contribution in [1.82, 2.24) is 5.32 Å². The molecule has 2 aromatic carbocycles. The number of carbonyl (C=O) groups is 3. The molecule has 0 aliphatic heterocycles. The number of nitro benzene ring substituents is 1. The summed E-state index contributed by atoms with van der Waals surface area (Å²) in [6.45, 7) is 11.6. The van der Waals surface area contributed by atoms with Crippen LogP contribution in [0.4, 0.5) is 27.5 Å². The highest BCUT2D eigenvalue weighted by Crippen LogP contribution is 2.28. The van der Waals surface area contributed by atoms with Gasteiger partial charge in [-0.3, -0.25) is 10.1 Å². The number of amides is 1. The third-order valence-electron chi connectivity index (χ3n) is 5.06. The van der Waals surface area contributed by atoms with Crippen molar-refractivity contribution in [1.29, 1.82) is 0 Å². The van der Waals surface area contributed by atoms with Crippen LogP contribution >= 0.6 is 0 Å². The smallest absolute Gasteiger partial charge is 0.407 e. The second kappa shape index (κ2) is 15.0. The van der Waals surface area contributed by atoms with Gasteiger partial charge in [0.2, 0.25) is 0 Å². The van der Waals surface area contributed by atoms with E-state index in [4.69, 9.17) is 14.2 Å². The van der Waals surface area contributed by atoms with Crippen LogP contribution in [0.1, 0.15) is 38.1 Å². The van der Waals surface area contributed by atoms with Crippen LogP contribution in [0.5, 0.6) is 0 Å². The van der Waals surface area contributed by atoms with Crippen LogP contribution in [0, 0.1) is 10.1 Å². The Labute approximate surface area is 232 Å². The van der Waals surface area contributed by atoms with Gasteiger partial charge >= 0.3 is 18.0 Å². The average Bonchev–Trinajstić information content (AvgIpc) is 2.91. The molecular formula is C27H33N5O8. The lowest BCUT2D eigenvalue weighted by atomic mass is 10.1. The summed E-state index contributed by atoms with van der Waals surface area (Å²) in [5.74, 6) is -1.35. The summed E-state index contributed by atoms with van der Waals surface area (Å²) >= 11 is 0. The molecule has 0 aliphatic carbocycles. The molecule has 0 unspecified atom stereocenters. The molecule has 0 spiro atoms. The Morgan fingerprint density at radius 1 is 1.07 bits per heavy atom. The number of nitrogens with one attached hydrogen (secondary N) is 1. The van der Waals surface area contributed by atoms with E-state index in [-0.39, 0.29) is 36.7 Å². The zero-order valence-electron chi connectivity index (χ0n) is 22.9. The topological polar surface area (TPSA) is 162 Å². The lowest BCUT2D eigenvalue weighted by molar-refractivity contribution is -0.384. The minimum absolute atomic E-state index is 0.0236. The SMILES string of the molecule is C=CC(=O)OCCN(CC)c1ccc(N=Nc2ccc([N+](=O)[O-])cc2C(=O)OCCNC(=O)OC(C)(C)C)cc1. The number of non-ortho nitro benzene ring substituents is 1. The summed E-state index contributed by atoms with van der Waals surface area (Å²) < 4.78 is 15.3. The number of esters is 2. The Kier molecular flexibility index (Phi) is 11.7. The molecule has 0 fully saturated rings. The Hall–Kier alpha value is -4.81. The van der Waals surface area contributed by atoms with Gasteiger partial charge in [0.1, 0.15) is 24.5 Å². The first-order valence-electron chi connectivity index (χ1n) is 12.4. The molecule has 40 heavy (non-hydrogen) atoms. The van der Waals surface area contributed by atoms with Crippen LogP contribution in [0.3, 0.4) is 0 Å². The molecule has 13 heteroatoms. The number of alkyl carbamates (subject to hydrolysis) is 1. The fourth-order valence-electron chi connectivity index (χ4n) is 3.20. The van der Waals surface area contributed by atoms with Gasteiger partial charge in [-0.2, -0.15) is 5.11 Å². The highest BCUT2D eigenvalue weighted by atomic mass is 16.6. The monoisotopic (exact) mass is 555 g/mol. The number of nitrogens with zero attached hydrogens (tertiary/aromatic N) is 4. The lowest BCUT2D eigenvalue weighted by Gasteiger charge is -2.22. The highest BCUT2D eigenvalue weighted by molar-refractivity contribution is 5.95. The van der Waals surface area contributed by atoms with Gasteiger partial charge in [0.25, 0.3) is 5.69 Å². The van der Waals surface area contributed by atoms with Gasteiger partial charge in [-0.15, -0.1) is 5.11 Å². The number of hydrogen-bond donors (Lipinski definition) is 1. The van der Waals surface area contributed by atoms with Crippen LogP contribution in [0.15, 0.2) is 65.3 Å². The Morgan fingerprint density at radius 3 is 2.38 bits per heavy atom. The molecule has 13 nitrogen and oxygen atoms in total. The second-order valence-electron chi connectivity index (χ2n) is 9.19. The largest absolute Gasteiger partial charge is 0.461 e. The lowest BCUT2D eigenvalue weighted by Crippen LogP contribution is -2.34. The molecular weight excluding hydrogens is 522 g/mol. The fraction of sp³-hybridized carbons (Fsp3) is 0.370. The molecule has 1 N–H and O–H groups in total. The molecule has 2 rings (SSSR count). The van der Waals surface area contributed by atoms with Gasteiger partial charge in [-0.25, -0.2) is 14.4 Å². The van der Waals surface area contributed by atoms with E-state index in [1.54, 1.807) is 32.9 Å². The van der Waals surface area contributed by atoms with Crippen molar-refractivity contribution >= 4 is 40.8 Å². The van der Waals surface area contributed by atoms with Crippen LogP contribution in [0.25, 0.3) is 0 Å². The van der Waals surface area contributed by atoms with Gasteiger partial charge < -0.3 is 24.4 Å². The minimum atomic E-state index is -0.866. The van der Waals surface area contributed by atoms with Gasteiger partial charge in [0.15, 0.2) is 0 Å². The molecule has 0 saturated heterocycles. The first kappa shape index (κ1) is 31.4. The normalized spacial score (nSPS) is 11.0. The quantitative estimate of drug-likeness (QED) is 0.0662. The van der Waals surface area contributed by atoms with Crippen LogP contribution < -0.4 is 10.2 Å². The molecule has 0 aliphatic rings. The zero-order valence-corrected chi connectivity index (χ0v) is 22.9. The summed E-state index contributed by atoms with van der Waals surface area (Å²) in [5, 5.41) is 21.9. The molecule has 0 bridgehead atoms. The van der Waals surface area contributed by atoms with Crippen molar-refractivity contribution in [3.8, 4) is 0 Å². The Morgan fingerprint density at radius 2 is 1.77 bits per heavy atom. The molecule has 0 radical (unpaired) electrons. The maximum atomic E-state index is 12.7. The predicted octanol–water partition coefficient (Wildman–Crippen LogP) is 5.25. The highest BCUT2D eigenvalue weighted by Gasteiger charge is 2.19. The van der Waals surface area contributed by atoms with Crippen LogP contribution in [-0.2, 0) is 19.0 Å². The molecule has 2 aromatic rings. The number of anilines is 1. The van der Waals surface area contributed by atoms with Crippen molar-refractivity contribution in [3.63, 3.8) is 0 Å². The van der Waals surface area contributed by atoms with Gasteiger partial charge in [-0.05, 0) is 58.0 Å². The van der Waals surface area contributed by atoms with E-state index in [2.05, 4.69) is 22.1 Å². The summed E-state index contributed by atoms with van der Waals surface area (Å²) in [6, 6.07) is 10.6. The standard InChI is InChI=1S/C27H33N5O8/c1-6-24(33)38-17-15-31(7-2)20-10-8-19(9-11-20)29-30-23-13-12-21(32(36)37)18-22(23)25(34)39-16-14-28-26(35)40-27(3,4)5/h6,8-13,18H,1,7,14-17H2,2-5H3,(H,28,35). The van der Waals surface area contributed by atoms with Crippen molar-refractivity contribution in [2.24, 2.45) is 10.2 Å². The maximum Gasteiger partial charge on any atom is 0.407 e. The Bertz CT molecular complexity index is 1240. The van der Waals surface area contributed by atoms with Crippen molar-refractivity contribution in [2.45, 2.75) is 33.3 Å². The van der Waals surface area contributed by atoms with E-state index in [0.717, 1.165) is 17.8 Å². The summed E-state index contributed by atoms with van der Waals surface area (Å²) in [6.07, 6.45) is 0.438. The van der Waals surface area contributed by atoms with Crippen molar-refractivity contribution < 1.29 is 33.5 Å². The number of likely N-dealkylation sites (N-methyl/N-ethyl adjacent to an activating group) is 1. The predicted molar refractivity (Wildman–Crippen MR) is 147 cm³/mol. The summed E-state index contributed by atoms with van der Waals surface area (Å²) in [7, 11) is 0. The number of carbonyl (C=O) groups excluding carboxylic acids is 3. The van der Waals surface area contributed by atoms with Gasteiger partial charge in [-0.1, -0.05) is 6.58 Å². The van der Waals surface area contributed by atoms with Crippen molar-refractivity contribution in [3.05, 3.63) is 70.8 Å². The van der Waals surface area contributed by atoms with E-state index in [0.29, 0.717) is 18.8 Å². The first-order valence-corrected chi connectivity index (χ1v) is 12.4. The average molecular weight is 556 g/mol. The second-order valence-corrected chi connectivity index (χ2v) is 9.19. The molecule has 0 saturated carbocycles. The Balaban J connectivity index is 2.09. The van der Waals surface area contributed by atoms with Gasteiger partial charge in [0, 0.05) is 30.4 Å². The summed E-state index contributed by atoms with van der Waals surface area (Å²) in [4.78, 5) is 48.3. The third-order valence-corrected chi connectivity index (χ3v) is 5.06. The van der Waals surface area contributed by atoms with Crippen LogP contribution in [-0.4, -0.2) is 61.4 Å².